The number of furan rings is 1. The molecule has 0 aliphatic carbocycles. The monoisotopic (exact) mass is 221 g/mol. The molecule has 0 radical (unpaired) electrons. The van der Waals surface area contributed by atoms with E-state index < -0.39 is 0 Å². The predicted molar refractivity (Wildman–Crippen MR) is 59.9 cm³/mol. The van der Waals surface area contributed by atoms with Crippen LogP contribution in [-0.4, -0.2) is 14.9 Å². The van der Waals surface area contributed by atoms with Crippen LogP contribution in [0.15, 0.2) is 28.9 Å². The zero-order valence-corrected chi connectivity index (χ0v) is 9.18. The lowest BCUT2D eigenvalue weighted by Crippen LogP contribution is -1.97. The second kappa shape index (κ2) is 4.85. The van der Waals surface area contributed by atoms with Gasteiger partial charge in [0.25, 0.3) is 0 Å². The van der Waals surface area contributed by atoms with Crippen molar-refractivity contribution in [3.05, 3.63) is 36.0 Å². The molecule has 5 heteroatoms. The van der Waals surface area contributed by atoms with Gasteiger partial charge in [0.05, 0.1) is 18.4 Å². The Hall–Kier alpha value is -1.75. The van der Waals surface area contributed by atoms with Crippen molar-refractivity contribution in [2.75, 3.05) is 5.32 Å². The molecule has 16 heavy (non-hydrogen) atoms. The first-order valence-electron chi connectivity index (χ1n) is 5.26. The third-order valence-corrected chi connectivity index (χ3v) is 2.30. The first-order chi connectivity index (χ1) is 7.81. The minimum atomic E-state index is -0.0617. The van der Waals surface area contributed by atoms with Crippen LogP contribution in [-0.2, 0) is 19.7 Å². The second-order valence-corrected chi connectivity index (χ2v) is 3.46. The molecule has 0 aliphatic heterocycles. The average Bonchev–Trinajstić information content (AvgIpc) is 2.95. The third kappa shape index (κ3) is 2.43. The Morgan fingerprint density at radius 3 is 2.88 bits per heavy atom. The molecule has 2 rings (SSSR count). The van der Waals surface area contributed by atoms with Crippen LogP contribution in [0.2, 0.25) is 0 Å². The summed E-state index contributed by atoms with van der Waals surface area (Å²) in [7, 11) is 0. The van der Waals surface area contributed by atoms with Crippen LogP contribution in [0.1, 0.15) is 18.4 Å². The quantitative estimate of drug-likeness (QED) is 0.805. The molecule has 0 aliphatic rings. The average molecular weight is 221 g/mol. The summed E-state index contributed by atoms with van der Waals surface area (Å²) in [4.78, 5) is 0. The molecule has 0 atom stereocenters. The summed E-state index contributed by atoms with van der Waals surface area (Å²) in [6.45, 7) is 3.43. The van der Waals surface area contributed by atoms with Crippen LogP contribution in [0, 0.1) is 0 Å². The number of aromatic nitrogens is 2. The molecule has 2 N–H and O–H groups in total. The van der Waals surface area contributed by atoms with Crippen LogP contribution in [0.25, 0.3) is 0 Å². The van der Waals surface area contributed by atoms with Crippen LogP contribution < -0.4 is 5.32 Å². The summed E-state index contributed by atoms with van der Waals surface area (Å²) >= 11 is 0. The molecule has 5 nitrogen and oxygen atoms in total. The smallest absolute Gasteiger partial charge is 0.129 e. The fourth-order valence-electron chi connectivity index (χ4n) is 1.42. The maximum Gasteiger partial charge on any atom is 0.129 e. The van der Waals surface area contributed by atoms with Gasteiger partial charge < -0.3 is 14.8 Å². The molecule has 0 fully saturated rings. The molecule has 86 valence electrons. The fourth-order valence-corrected chi connectivity index (χ4v) is 1.42. The van der Waals surface area contributed by atoms with Gasteiger partial charge in [0, 0.05) is 12.7 Å². The second-order valence-electron chi connectivity index (χ2n) is 3.46. The van der Waals surface area contributed by atoms with Crippen molar-refractivity contribution in [3.8, 4) is 0 Å². The Labute approximate surface area is 93.7 Å². The number of aliphatic hydroxyl groups excluding tert-OH is 1. The van der Waals surface area contributed by atoms with Gasteiger partial charge in [-0.2, -0.15) is 5.10 Å². The van der Waals surface area contributed by atoms with Crippen LogP contribution in [0.3, 0.4) is 0 Å². The van der Waals surface area contributed by atoms with Crippen molar-refractivity contribution in [1.82, 2.24) is 9.78 Å². The number of hydrogen-bond acceptors (Lipinski definition) is 4. The van der Waals surface area contributed by atoms with E-state index in [2.05, 4.69) is 10.4 Å². The zero-order chi connectivity index (χ0) is 11.4. The maximum absolute atomic E-state index is 8.84. The van der Waals surface area contributed by atoms with E-state index in [1.165, 1.54) is 0 Å². The topological polar surface area (TPSA) is 63.2 Å². The van der Waals surface area contributed by atoms with Gasteiger partial charge >= 0.3 is 0 Å². The van der Waals surface area contributed by atoms with Crippen LogP contribution in [0.4, 0.5) is 5.69 Å². The molecule has 0 bridgehead atoms. The van der Waals surface area contributed by atoms with E-state index in [0.29, 0.717) is 12.3 Å². The van der Waals surface area contributed by atoms with E-state index in [1.807, 2.05) is 23.9 Å². The fraction of sp³-hybridized carbons (Fsp3) is 0.364. The van der Waals surface area contributed by atoms with Crippen molar-refractivity contribution in [2.45, 2.75) is 26.6 Å². The minimum absolute atomic E-state index is 0.0617. The zero-order valence-electron chi connectivity index (χ0n) is 9.18. The summed E-state index contributed by atoms with van der Waals surface area (Å²) in [5.74, 6) is 1.38. The van der Waals surface area contributed by atoms with Crippen molar-refractivity contribution in [3.63, 3.8) is 0 Å². The number of hydrogen-bond donors (Lipinski definition) is 2. The molecule has 2 aromatic rings. The van der Waals surface area contributed by atoms with E-state index >= 15 is 0 Å². The molecule has 2 aromatic heterocycles. The molecule has 0 amide bonds. The highest BCUT2D eigenvalue weighted by molar-refractivity contribution is 5.38. The third-order valence-electron chi connectivity index (χ3n) is 2.30. The molecule has 2 heterocycles. The minimum Gasteiger partial charge on any atom is -0.462 e. The molecule has 0 aromatic carbocycles. The van der Waals surface area contributed by atoms with Crippen molar-refractivity contribution >= 4 is 5.69 Å². The summed E-state index contributed by atoms with van der Waals surface area (Å²) in [6.07, 6.45) is 3.72. The van der Waals surface area contributed by atoms with Gasteiger partial charge in [-0.1, -0.05) is 0 Å². The van der Waals surface area contributed by atoms with Crippen molar-refractivity contribution in [2.24, 2.45) is 0 Å². The number of rotatable bonds is 5. The largest absolute Gasteiger partial charge is 0.462 e. The van der Waals surface area contributed by atoms with Gasteiger partial charge in [0.2, 0.25) is 0 Å². The highest BCUT2D eigenvalue weighted by Crippen LogP contribution is 2.11. The molecular weight excluding hydrogens is 206 g/mol. The highest BCUT2D eigenvalue weighted by Gasteiger charge is 2.01. The van der Waals surface area contributed by atoms with Gasteiger partial charge in [-0.15, -0.1) is 0 Å². The van der Waals surface area contributed by atoms with Crippen molar-refractivity contribution in [1.29, 1.82) is 0 Å². The Bertz CT molecular complexity index is 405. The van der Waals surface area contributed by atoms with E-state index in [0.717, 1.165) is 18.0 Å². The summed E-state index contributed by atoms with van der Waals surface area (Å²) in [6, 6.07) is 3.62. The van der Waals surface area contributed by atoms with Gasteiger partial charge in [-0.25, -0.2) is 0 Å². The number of aliphatic hydroxyl groups is 1. The Balaban J connectivity index is 1.91. The number of nitrogens with one attached hydrogen (secondary N) is 1. The van der Waals surface area contributed by atoms with E-state index in [1.54, 1.807) is 12.3 Å². The van der Waals surface area contributed by atoms with Gasteiger partial charge in [-0.3, -0.25) is 4.68 Å². The standard InChI is InChI=1S/C11H15N3O2/c1-2-14-7-9(5-13-14)12-6-10-3-4-11(8-15)16-10/h3-5,7,12,15H,2,6,8H2,1H3. The maximum atomic E-state index is 8.84. The molecule has 0 unspecified atom stereocenters. The summed E-state index contributed by atoms with van der Waals surface area (Å²) in [5.41, 5.74) is 0.962. The normalized spacial score (nSPS) is 10.6. The number of aryl methyl sites for hydroxylation is 1. The Morgan fingerprint density at radius 1 is 1.44 bits per heavy atom. The SMILES string of the molecule is CCn1cc(NCc2ccc(CO)o2)cn1. The lowest BCUT2D eigenvalue weighted by atomic mass is 10.4. The lowest BCUT2D eigenvalue weighted by molar-refractivity contribution is 0.244. The first kappa shape index (κ1) is 10.8. The molecule has 0 saturated heterocycles. The highest BCUT2D eigenvalue weighted by atomic mass is 16.4. The molecule has 0 saturated carbocycles. The predicted octanol–water partition coefficient (Wildman–Crippen LogP) is 1.60. The van der Waals surface area contributed by atoms with E-state index in [4.69, 9.17) is 9.52 Å². The van der Waals surface area contributed by atoms with Gasteiger partial charge in [-0.05, 0) is 19.1 Å². The van der Waals surface area contributed by atoms with Crippen LogP contribution in [0.5, 0.6) is 0 Å². The molecule has 0 spiro atoms. The van der Waals surface area contributed by atoms with Crippen LogP contribution >= 0.6 is 0 Å². The Kier molecular flexibility index (Phi) is 3.26. The number of nitrogens with zero attached hydrogens (tertiary/aromatic N) is 2. The number of anilines is 1. The van der Waals surface area contributed by atoms with E-state index in [9.17, 15) is 0 Å². The van der Waals surface area contributed by atoms with E-state index in [-0.39, 0.29) is 6.61 Å². The summed E-state index contributed by atoms with van der Waals surface area (Å²) < 4.78 is 7.20. The first-order valence-corrected chi connectivity index (χ1v) is 5.26. The van der Waals surface area contributed by atoms with Gasteiger partial charge in [0.1, 0.15) is 18.1 Å². The lowest BCUT2D eigenvalue weighted by Gasteiger charge is -1.99. The Morgan fingerprint density at radius 2 is 2.25 bits per heavy atom. The molecular formula is C11H15N3O2. The summed E-state index contributed by atoms with van der Waals surface area (Å²) in [5, 5.41) is 16.2. The van der Waals surface area contributed by atoms with Crippen molar-refractivity contribution < 1.29 is 9.52 Å². The van der Waals surface area contributed by atoms with Gasteiger partial charge in [0.15, 0.2) is 0 Å².